The summed E-state index contributed by atoms with van der Waals surface area (Å²) in [4.78, 5) is 17.9. The molecular weight excluding hydrogens is 332 g/mol. The van der Waals surface area contributed by atoms with Gasteiger partial charge in [-0.05, 0) is 54.8 Å². The van der Waals surface area contributed by atoms with E-state index in [4.69, 9.17) is 9.47 Å². The van der Waals surface area contributed by atoms with Crippen LogP contribution in [0.25, 0.3) is 0 Å². The predicted octanol–water partition coefficient (Wildman–Crippen LogP) is 2.98. The number of methoxy groups -OCH3 is 2. The molecule has 2 atom stereocenters. The Morgan fingerprint density at radius 1 is 1.15 bits per heavy atom. The standard InChI is InChI=1S/C20H24N2O4/c1-25-17-6-5-15(12-18(17)26-2)19(14-7-9-21-10-8-14)22-11-3-4-16(13-22)20(23)24/h5-10,12,16,19H,3-4,11,13H2,1-2H3,(H,23,24). The lowest BCUT2D eigenvalue weighted by molar-refractivity contribution is -0.143. The van der Waals surface area contributed by atoms with Crippen molar-refractivity contribution in [2.75, 3.05) is 27.3 Å². The highest BCUT2D eigenvalue weighted by Gasteiger charge is 2.31. The van der Waals surface area contributed by atoms with Gasteiger partial charge in [0, 0.05) is 18.9 Å². The fraction of sp³-hybridized carbons (Fsp3) is 0.400. The van der Waals surface area contributed by atoms with Crippen molar-refractivity contribution in [2.45, 2.75) is 18.9 Å². The minimum absolute atomic E-state index is 0.0556. The van der Waals surface area contributed by atoms with Crippen molar-refractivity contribution >= 4 is 5.97 Å². The van der Waals surface area contributed by atoms with Crippen molar-refractivity contribution in [3.8, 4) is 11.5 Å². The summed E-state index contributed by atoms with van der Waals surface area (Å²) in [7, 11) is 3.23. The lowest BCUT2D eigenvalue weighted by atomic mass is 9.91. The molecule has 1 N–H and O–H groups in total. The number of hydrogen-bond acceptors (Lipinski definition) is 5. The molecule has 138 valence electrons. The van der Waals surface area contributed by atoms with E-state index in [2.05, 4.69) is 9.88 Å². The molecule has 1 aliphatic rings. The number of aliphatic carboxylic acids is 1. The second-order valence-corrected chi connectivity index (χ2v) is 6.47. The summed E-state index contributed by atoms with van der Waals surface area (Å²) in [6.07, 6.45) is 5.12. The molecule has 0 bridgehead atoms. The van der Waals surface area contributed by atoms with E-state index in [1.165, 1.54) is 0 Å². The lowest BCUT2D eigenvalue weighted by Gasteiger charge is -2.37. The van der Waals surface area contributed by atoms with Crippen molar-refractivity contribution in [1.82, 2.24) is 9.88 Å². The van der Waals surface area contributed by atoms with Crippen LogP contribution < -0.4 is 9.47 Å². The third kappa shape index (κ3) is 3.80. The summed E-state index contributed by atoms with van der Waals surface area (Å²) in [5, 5.41) is 9.46. The molecule has 0 aliphatic carbocycles. The number of benzene rings is 1. The number of likely N-dealkylation sites (tertiary alicyclic amines) is 1. The zero-order chi connectivity index (χ0) is 18.5. The molecule has 0 saturated carbocycles. The van der Waals surface area contributed by atoms with Gasteiger partial charge >= 0.3 is 5.97 Å². The van der Waals surface area contributed by atoms with Crippen LogP contribution in [0.5, 0.6) is 11.5 Å². The Morgan fingerprint density at radius 2 is 1.88 bits per heavy atom. The minimum Gasteiger partial charge on any atom is -0.493 e. The summed E-state index contributed by atoms with van der Waals surface area (Å²) in [5.74, 6) is 0.270. The molecule has 2 unspecified atom stereocenters. The van der Waals surface area contributed by atoms with Crippen LogP contribution in [0.1, 0.15) is 30.0 Å². The van der Waals surface area contributed by atoms with Gasteiger partial charge in [0.1, 0.15) is 0 Å². The van der Waals surface area contributed by atoms with Gasteiger partial charge in [0.15, 0.2) is 11.5 Å². The normalized spacial score (nSPS) is 18.9. The summed E-state index contributed by atoms with van der Waals surface area (Å²) < 4.78 is 10.8. The Hall–Kier alpha value is -2.60. The van der Waals surface area contributed by atoms with E-state index >= 15 is 0 Å². The number of ether oxygens (including phenoxy) is 2. The molecule has 1 saturated heterocycles. The maximum absolute atomic E-state index is 11.5. The first-order chi connectivity index (χ1) is 12.6. The Balaban J connectivity index is 2.00. The summed E-state index contributed by atoms with van der Waals surface area (Å²) in [5.41, 5.74) is 2.12. The molecule has 1 aromatic carbocycles. The molecule has 6 nitrogen and oxygen atoms in total. The van der Waals surface area contributed by atoms with E-state index in [1.54, 1.807) is 26.6 Å². The minimum atomic E-state index is -0.726. The van der Waals surface area contributed by atoms with E-state index in [1.807, 2.05) is 30.3 Å². The number of hydrogen-bond donors (Lipinski definition) is 1. The Morgan fingerprint density at radius 3 is 2.54 bits per heavy atom. The Labute approximate surface area is 153 Å². The number of piperidine rings is 1. The van der Waals surface area contributed by atoms with Gasteiger partial charge in [-0.25, -0.2) is 0 Å². The molecular formula is C20H24N2O4. The van der Waals surface area contributed by atoms with Gasteiger partial charge < -0.3 is 14.6 Å². The van der Waals surface area contributed by atoms with Crippen molar-refractivity contribution in [2.24, 2.45) is 5.92 Å². The topological polar surface area (TPSA) is 71.9 Å². The van der Waals surface area contributed by atoms with Gasteiger partial charge in [0.2, 0.25) is 0 Å². The highest BCUT2D eigenvalue weighted by Crippen LogP contribution is 2.36. The van der Waals surface area contributed by atoms with Crippen LogP contribution in [0, 0.1) is 5.92 Å². The second-order valence-electron chi connectivity index (χ2n) is 6.47. The third-order valence-corrected chi connectivity index (χ3v) is 4.91. The van der Waals surface area contributed by atoms with Crippen molar-refractivity contribution in [1.29, 1.82) is 0 Å². The SMILES string of the molecule is COc1ccc(C(c2ccncc2)N2CCCC(C(=O)O)C2)cc1OC. The van der Waals surface area contributed by atoms with Crippen molar-refractivity contribution in [3.63, 3.8) is 0 Å². The maximum Gasteiger partial charge on any atom is 0.307 e. The monoisotopic (exact) mass is 356 g/mol. The first-order valence-corrected chi connectivity index (χ1v) is 8.72. The molecule has 6 heteroatoms. The van der Waals surface area contributed by atoms with Crippen LogP contribution in [-0.4, -0.2) is 48.3 Å². The van der Waals surface area contributed by atoms with Gasteiger partial charge in [0.05, 0.1) is 26.2 Å². The van der Waals surface area contributed by atoms with E-state index in [-0.39, 0.29) is 12.0 Å². The van der Waals surface area contributed by atoms with Crippen LogP contribution in [0.15, 0.2) is 42.7 Å². The largest absolute Gasteiger partial charge is 0.493 e. The van der Waals surface area contributed by atoms with E-state index in [0.29, 0.717) is 18.0 Å². The summed E-state index contributed by atoms with van der Waals surface area (Å²) >= 11 is 0. The number of carboxylic acids is 1. The molecule has 0 spiro atoms. The summed E-state index contributed by atoms with van der Waals surface area (Å²) in [6, 6.07) is 9.77. The van der Waals surface area contributed by atoms with Gasteiger partial charge in [-0.2, -0.15) is 0 Å². The maximum atomic E-state index is 11.5. The first kappa shape index (κ1) is 18.2. The highest BCUT2D eigenvalue weighted by molar-refractivity contribution is 5.70. The van der Waals surface area contributed by atoms with E-state index in [9.17, 15) is 9.90 Å². The zero-order valence-electron chi connectivity index (χ0n) is 15.1. The van der Waals surface area contributed by atoms with Gasteiger partial charge in [-0.15, -0.1) is 0 Å². The Bertz CT molecular complexity index is 751. The molecule has 0 amide bonds. The highest BCUT2D eigenvalue weighted by atomic mass is 16.5. The average molecular weight is 356 g/mol. The Kier molecular flexibility index (Phi) is 5.73. The second kappa shape index (κ2) is 8.19. The smallest absolute Gasteiger partial charge is 0.307 e. The fourth-order valence-corrected chi connectivity index (χ4v) is 3.63. The molecule has 1 fully saturated rings. The number of pyridine rings is 1. The number of aromatic nitrogens is 1. The number of carboxylic acid groups (broad SMARTS) is 1. The molecule has 0 radical (unpaired) electrons. The van der Waals surface area contributed by atoms with Crippen LogP contribution in [-0.2, 0) is 4.79 Å². The van der Waals surface area contributed by atoms with Gasteiger partial charge in [-0.1, -0.05) is 6.07 Å². The van der Waals surface area contributed by atoms with Crippen molar-refractivity contribution < 1.29 is 19.4 Å². The quantitative estimate of drug-likeness (QED) is 0.858. The van der Waals surface area contributed by atoms with Crippen LogP contribution in [0.3, 0.4) is 0 Å². The predicted molar refractivity (Wildman–Crippen MR) is 97.6 cm³/mol. The van der Waals surface area contributed by atoms with Crippen LogP contribution in [0.2, 0.25) is 0 Å². The lowest BCUT2D eigenvalue weighted by Crippen LogP contribution is -2.41. The summed E-state index contributed by atoms with van der Waals surface area (Å²) in [6.45, 7) is 1.38. The molecule has 3 rings (SSSR count). The number of nitrogens with zero attached hydrogens (tertiary/aromatic N) is 2. The van der Waals surface area contributed by atoms with Gasteiger partial charge in [0.25, 0.3) is 0 Å². The van der Waals surface area contributed by atoms with E-state index in [0.717, 1.165) is 30.5 Å². The average Bonchev–Trinajstić information content (AvgIpc) is 2.69. The molecule has 2 heterocycles. The van der Waals surface area contributed by atoms with Crippen LogP contribution >= 0.6 is 0 Å². The first-order valence-electron chi connectivity index (χ1n) is 8.72. The number of carbonyl (C=O) groups is 1. The zero-order valence-corrected chi connectivity index (χ0v) is 15.1. The molecule has 1 aliphatic heterocycles. The fourth-order valence-electron chi connectivity index (χ4n) is 3.63. The molecule has 1 aromatic heterocycles. The van der Waals surface area contributed by atoms with Gasteiger partial charge in [-0.3, -0.25) is 14.7 Å². The van der Waals surface area contributed by atoms with Crippen molar-refractivity contribution in [3.05, 3.63) is 53.9 Å². The molecule has 26 heavy (non-hydrogen) atoms. The third-order valence-electron chi connectivity index (χ3n) is 4.91. The molecule has 2 aromatic rings. The van der Waals surface area contributed by atoms with E-state index < -0.39 is 5.97 Å². The number of rotatable bonds is 6. The van der Waals surface area contributed by atoms with Crippen LogP contribution in [0.4, 0.5) is 0 Å².